The Morgan fingerprint density at radius 3 is 2.36 bits per heavy atom. The van der Waals surface area contributed by atoms with Crippen LogP contribution in [0, 0.1) is 5.41 Å². The number of H-pyrrole nitrogens is 1. The number of nitrogens with zero attached hydrogens (tertiary/aromatic N) is 3. The van der Waals surface area contributed by atoms with Gasteiger partial charge in [0, 0.05) is 23.4 Å². The average molecular weight is 459 g/mol. The van der Waals surface area contributed by atoms with Gasteiger partial charge in [0.25, 0.3) is 5.91 Å². The SMILES string of the molecule is C[C@@H](n1c(=O)[nH]c2ccc(C3=N[C@@](C)(c4ccc(C(F)(F)F)nc4)C(=O)N3)cc21)C(C)(C)C. The largest absolute Gasteiger partial charge is 0.433 e. The lowest BCUT2D eigenvalue weighted by atomic mass is 9.88. The fourth-order valence-electron chi connectivity index (χ4n) is 3.75. The maximum Gasteiger partial charge on any atom is 0.433 e. The van der Waals surface area contributed by atoms with Crippen LogP contribution in [0.5, 0.6) is 0 Å². The molecule has 0 spiro atoms. The van der Waals surface area contributed by atoms with E-state index < -0.39 is 23.3 Å². The van der Waals surface area contributed by atoms with Crippen molar-refractivity contribution in [2.45, 2.75) is 52.4 Å². The fraction of sp³-hybridized carbons (Fsp3) is 0.391. The Hall–Kier alpha value is -3.43. The number of hydrogen-bond acceptors (Lipinski definition) is 4. The Labute approximate surface area is 187 Å². The topological polar surface area (TPSA) is 92.1 Å². The number of amides is 1. The van der Waals surface area contributed by atoms with Gasteiger partial charge in [-0.15, -0.1) is 0 Å². The quantitative estimate of drug-likeness (QED) is 0.617. The van der Waals surface area contributed by atoms with Crippen LogP contribution in [0.4, 0.5) is 13.2 Å². The Morgan fingerprint density at radius 1 is 1.09 bits per heavy atom. The molecule has 1 amide bonds. The number of fused-ring (bicyclic) bond motifs is 1. The van der Waals surface area contributed by atoms with Gasteiger partial charge in [-0.2, -0.15) is 13.2 Å². The zero-order chi connectivity index (χ0) is 24.3. The first-order valence-electron chi connectivity index (χ1n) is 10.4. The van der Waals surface area contributed by atoms with E-state index in [9.17, 15) is 22.8 Å². The first-order chi connectivity index (χ1) is 15.2. The molecule has 7 nitrogen and oxygen atoms in total. The molecular weight excluding hydrogens is 435 g/mol. The summed E-state index contributed by atoms with van der Waals surface area (Å²) in [7, 11) is 0. The highest BCUT2D eigenvalue weighted by Crippen LogP contribution is 2.34. The van der Waals surface area contributed by atoms with Crippen molar-refractivity contribution in [3.63, 3.8) is 0 Å². The lowest BCUT2D eigenvalue weighted by molar-refractivity contribution is -0.141. The number of aromatic nitrogens is 3. The van der Waals surface area contributed by atoms with Crippen LogP contribution in [-0.2, 0) is 16.5 Å². The second-order valence-corrected chi connectivity index (χ2v) is 9.49. The molecule has 10 heteroatoms. The van der Waals surface area contributed by atoms with Crippen LogP contribution >= 0.6 is 0 Å². The van der Waals surface area contributed by atoms with Crippen LogP contribution in [0.3, 0.4) is 0 Å². The summed E-state index contributed by atoms with van der Waals surface area (Å²) < 4.78 is 40.2. The van der Waals surface area contributed by atoms with Gasteiger partial charge in [0.15, 0.2) is 5.54 Å². The molecule has 2 N–H and O–H groups in total. The predicted molar refractivity (Wildman–Crippen MR) is 118 cm³/mol. The average Bonchev–Trinajstić information content (AvgIpc) is 3.21. The third-order valence-electron chi connectivity index (χ3n) is 6.26. The van der Waals surface area contributed by atoms with Crippen molar-refractivity contribution in [2.75, 3.05) is 0 Å². The van der Waals surface area contributed by atoms with Gasteiger partial charge in [-0.3, -0.25) is 14.3 Å². The van der Waals surface area contributed by atoms with Gasteiger partial charge in [0.1, 0.15) is 11.5 Å². The molecule has 1 aliphatic rings. The maximum absolute atomic E-state index is 12.8. The lowest BCUT2D eigenvalue weighted by Gasteiger charge is -2.28. The number of imidazole rings is 1. The number of nitrogens with one attached hydrogen (secondary N) is 2. The molecule has 1 aromatic carbocycles. The van der Waals surface area contributed by atoms with Crippen LogP contribution < -0.4 is 11.0 Å². The lowest BCUT2D eigenvalue weighted by Crippen LogP contribution is -2.35. The highest BCUT2D eigenvalue weighted by Gasteiger charge is 2.42. The molecule has 2 atom stereocenters. The summed E-state index contributed by atoms with van der Waals surface area (Å²) in [5.41, 5.74) is -0.748. The third-order valence-corrected chi connectivity index (χ3v) is 6.26. The molecule has 0 aliphatic carbocycles. The number of pyridine rings is 1. The van der Waals surface area contributed by atoms with Crippen LogP contribution in [0.15, 0.2) is 46.3 Å². The van der Waals surface area contributed by atoms with Crippen molar-refractivity contribution >= 4 is 22.8 Å². The van der Waals surface area contributed by atoms with Gasteiger partial charge in [0.05, 0.1) is 11.0 Å². The number of amidine groups is 1. The first-order valence-corrected chi connectivity index (χ1v) is 10.4. The van der Waals surface area contributed by atoms with Gasteiger partial charge < -0.3 is 10.3 Å². The highest BCUT2D eigenvalue weighted by atomic mass is 19.4. The summed E-state index contributed by atoms with van der Waals surface area (Å²) in [5.74, 6) is -0.207. The Morgan fingerprint density at radius 2 is 1.79 bits per heavy atom. The van der Waals surface area contributed by atoms with E-state index in [1.165, 1.54) is 13.0 Å². The molecule has 2 aromatic heterocycles. The third kappa shape index (κ3) is 3.83. The van der Waals surface area contributed by atoms with E-state index in [1.807, 2.05) is 27.7 Å². The second-order valence-electron chi connectivity index (χ2n) is 9.49. The van der Waals surface area contributed by atoms with E-state index in [2.05, 4.69) is 20.3 Å². The normalized spacial score (nSPS) is 20.1. The number of aromatic amines is 1. The molecule has 3 aromatic rings. The number of rotatable bonds is 3. The zero-order valence-corrected chi connectivity index (χ0v) is 18.8. The number of aliphatic imine (C=N–C) groups is 1. The van der Waals surface area contributed by atoms with Gasteiger partial charge in [-0.1, -0.05) is 26.8 Å². The van der Waals surface area contributed by atoms with Crippen LogP contribution in [0.2, 0.25) is 0 Å². The number of carbonyl (C=O) groups excluding carboxylic acids is 1. The molecule has 0 saturated carbocycles. The minimum atomic E-state index is -4.57. The molecular formula is C23H24F3N5O2. The van der Waals surface area contributed by atoms with E-state index in [1.54, 1.807) is 22.8 Å². The molecule has 0 bridgehead atoms. The molecule has 33 heavy (non-hydrogen) atoms. The number of alkyl halides is 3. The first kappa shape index (κ1) is 22.8. The number of benzene rings is 1. The predicted octanol–water partition coefficient (Wildman–Crippen LogP) is 4.14. The number of hydrogen-bond donors (Lipinski definition) is 2. The van der Waals surface area contributed by atoms with Crippen molar-refractivity contribution in [2.24, 2.45) is 10.4 Å². The smallest absolute Gasteiger partial charge is 0.308 e. The highest BCUT2D eigenvalue weighted by molar-refractivity contribution is 6.16. The minimum Gasteiger partial charge on any atom is -0.308 e. The summed E-state index contributed by atoms with van der Waals surface area (Å²) in [4.78, 5) is 36.2. The van der Waals surface area contributed by atoms with Crippen molar-refractivity contribution in [1.82, 2.24) is 19.9 Å². The second kappa shape index (κ2) is 7.29. The summed E-state index contributed by atoms with van der Waals surface area (Å²) >= 11 is 0. The summed E-state index contributed by atoms with van der Waals surface area (Å²) in [5, 5.41) is 2.72. The number of carbonyl (C=O) groups is 1. The van der Waals surface area contributed by atoms with E-state index >= 15 is 0 Å². The van der Waals surface area contributed by atoms with Crippen LogP contribution in [-0.4, -0.2) is 26.3 Å². The number of halogens is 3. The summed E-state index contributed by atoms with van der Waals surface area (Å²) in [6.45, 7) is 9.60. The zero-order valence-electron chi connectivity index (χ0n) is 18.8. The van der Waals surface area contributed by atoms with E-state index in [0.29, 0.717) is 16.6 Å². The minimum absolute atomic E-state index is 0.113. The van der Waals surface area contributed by atoms with Crippen molar-refractivity contribution in [3.8, 4) is 0 Å². The fourth-order valence-corrected chi connectivity index (χ4v) is 3.75. The van der Waals surface area contributed by atoms with Crippen molar-refractivity contribution in [3.05, 3.63) is 63.8 Å². The van der Waals surface area contributed by atoms with Crippen molar-refractivity contribution < 1.29 is 18.0 Å². The van der Waals surface area contributed by atoms with Gasteiger partial charge in [0.2, 0.25) is 0 Å². The van der Waals surface area contributed by atoms with E-state index in [0.717, 1.165) is 12.3 Å². The molecule has 0 saturated heterocycles. The molecule has 3 heterocycles. The van der Waals surface area contributed by atoms with E-state index in [4.69, 9.17) is 0 Å². The van der Waals surface area contributed by atoms with Crippen LogP contribution in [0.1, 0.15) is 57.5 Å². The van der Waals surface area contributed by atoms with Crippen LogP contribution in [0.25, 0.3) is 11.0 Å². The Bertz CT molecular complexity index is 1330. The summed E-state index contributed by atoms with van der Waals surface area (Å²) in [6.07, 6.45) is -3.55. The van der Waals surface area contributed by atoms with Gasteiger partial charge >= 0.3 is 11.9 Å². The van der Waals surface area contributed by atoms with Gasteiger partial charge in [-0.05, 0) is 43.5 Å². The Balaban J connectivity index is 1.77. The monoisotopic (exact) mass is 459 g/mol. The summed E-state index contributed by atoms with van der Waals surface area (Å²) in [6, 6.07) is 7.16. The molecule has 0 fully saturated rings. The molecule has 0 unspecified atom stereocenters. The van der Waals surface area contributed by atoms with Gasteiger partial charge in [-0.25, -0.2) is 9.79 Å². The standard InChI is InChI=1S/C23H24F3N5O2/c1-12(21(2,3)4)31-16-10-13(6-8-15(16)28-20(31)33)18-29-19(32)22(5,30-18)14-7-9-17(27-11-14)23(24,25)26/h6-12H,1-5H3,(H,28,33)(H,29,30,32)/t12-,22+/m1/s1. The van der Waals surface area contributed by atoms with Crippen molar-refractivity contribution in [1.29, 1.82) is 0 Å². The maximum atomic E-state index is 12.8. The molecule has 4 rings (SSSR count). The molecule has 174 valence electrons. The van der Waals surface area contributed by atoms with E-state index in [-0.39, 0.29) is 28.5 Å². The molecule has 1 aliphatic heterocycles. The molecule has 0 radical (unpaired) electrons. The Kier molecular flexibility index (Phi) is 5.03.